The summed E-state index contributed by atoms with van der Waals surface area (Å²) in [5.41, 5.74) is 9.68. The first-order valence-electron chi connectivity index (χ1n) is 18.5. The molecule has 280 valence electrons. The van der Waals surface area contributed by atoms with Crippen LogP contribution in [0.5, 0.6) is 5.75 Å². The highest BCUT2D eigenvalue weighted by molar-refractivity contribution is 6.07. The van der Waals surface area contributed by atoms with Crippen LogP contribution in [0.25, 0.3) is 56.2 Å². The van der Waals surface area contributed by atoms with Crippen LogP contribution in [0.3, 0.4) is 0 Å². The number of anilines is 1. The third-order valence-electron chi connectivity index (χ3n) is 9.69. The second kappa shape index (κ2) is 16.1. The van der Waals surface area contributed by atoms with Crippen LogP contribution in [0.2, 0.25) is 0 Å². The minimum atomic E-state index is -0.213. The summed E-state index contributed by atoms with van der Waals surface area (Å²) in [6, 6.07) is 28.6. The summed E-state index contributed by atoms with van der Waals surface area (Å²) in [6.07, 6.45) is 0. The Morgan fingerprint density at radius 2 is 1.49 bits per heavy atom. The molecule has 1 aliphatic heterocycles. The van der Waals surface area contributed by atoms with Crippen molar-refractivity contribution in [2.24, 2.45) is 0 Å². The summed E-state index contributed by atoms with van der Waals surface area (Å²) in [7, 11) is 2.12. The molecule has 4 aromatic heterocycles. The number of ether oxygens (including phenoxy) is 2. The fraction of sp³-hybridized carbons (Fsp3) is 0.262. The van der Waals surface area contributed by atoms with Crippen LogP contribution in [0, 0.1) is 6.92 Å². The zero-order valence-electron chi connectivity index (χ0n) is 30.9. The van der Waals surface area contributed by atoms with Crippen molar-refractivity contribution < 1.29 is 19.4 Å². The second-order valence-corrected chi connectivity index (χ2v) is 13.7. The number of aryl methyl sites for hydroxylation is 1. The van der Waals surface area contributed by atoms with Gasteiger partial charge in [0.05, 0.1) is 65.6 Å². The number of aromatic amines is 2. The molecule has 1 amide bonds. The van der Waals surface area contributed by atoms with Crippen LogP contribution in [0.4, 0.5) is 5.69 Å². The lowest BCUT2D eigenvalue weighted by Crippen LogP contribution is -2.44. The van der Waals surface area contributed by atoms with E-state index in [9.17, 15) is 9.90 Å². The molecule has 1 aliphatic rings. The molecule has 0 aliphatic carbocycles. The number of aromatic hydroxyl groups is 1. The first-order chi connectivity index (χ1) is 26.9. The molecule has 1 saturated heterocycles. The summed E-state index contributed by atoms with van der Waals surface area (Å²) < 4.78 is 11.6. The minimum Gasteiger partial charge on any atom is -0.508 e. The van der Waals surface area contributed by atoms with E-state index in [1.54, 1.807) is 12.1 Å². The number of carbonyl (C=O) groups excluding carboxylic acids is 1. The van der Waals surface area contributed by atoms with Gasteiger partial charge in [-0.3, -0.25) is 9.78 Å². The predicted octanol–water partition coefficient (Wildman–Crippen LogP) is 5.96. The van der Waals surface area contributed by atoms with E-state index in [1.165, 1.54) is 0 Å². The van der Waals surface area contributed by atoms with Crippen molar-refractivity contribution in [2.45, 2.75) is 13.5 Å². The van der Waals surface area contributed by atoms with Crippen molar-refractivity contribution in [3.8, 4) is 39.9 Å². The van der Waals surface area contributed by atoms with Crippen molar-refractivity contribution in [1.29, 1.82) is 0 Å². The average molecular weight is 738 g/mol. The smallest absolute Gasteiger partial charge is 0.253 e. The third-order valence-corrected chi connectivity index (χ3v) is 9.69. The Kier molecular flexibility index (Phi) is 10.5. The van der Waals surface area contributed by atoms with E-state index in [-0.39, 0.29) is 11.7 Å². The van der Waals surface area contributed by atoms with E-state index in [0.29, 0.717) is 55.7 Å². The number of H-pyrrole nitrogens is 2. The van der Waals surface area contributed by atoms with E-state index >= 15 is 0 Å². The molecule has 0 radical (unpaired) electrons. The molecule has 0 spiro atoms. The lowest BCUT2D eigenvalue weighted by atomic mass is 10.1. The summed E-state index contributed by atoms with van der Waals surface area (Å²) in [6.45, 7) is 7.40. The first-order valence-corrected chi connectivity index (χ1v) is 18.5. The number of fused-ring (bicyclic) bond motifs is 2. The number of piperazine rings is 1. The lowest BCUT2D eigenvalue weighted by molar-refractivity contribution is 0.0402. The quantitative estimate of drug-likeness (QED) is 0.104. The van der Waals surface area contributed by atoms with Crippen LogP contribution in [-0.4, -0.2) is 105 Å². The van der Waals surface area contributed by atoms with Gasteiger partial charge < -0.3 is 39.7 Å². The number of hydrogen-bond donors (Lipinski definition) is 4. The number of phenolic OH excluding ortho intramolecular Hbond substituents is 1. The topological polar surface area (TPSA) is 157 Å². The maximum absolute atomic E-state index is 13.8. The van der Waals surface area contributed by atoms with Gasteiger partial charge in [0.25, 0.3) is 5.91 Å². The number of benzene rings is 3. The molecule has 7 aromatic rings. The lowest BCUT2D eigenvalue weighted by Gasteiger charge is -2.34. The van der Waals surface area contributed by atoms with Crippen LogP contribution in [0.15, 0.2) is 91.0 Å². The van der Waals surface area contributed by atoms with Gasteiger partial charge in [-0.15, -0.1) is 0 Å². The van der Waals surface area contributed by atoms with Crippen molar-refractivity contribution in [3.05, 3.63) is 108 Å². The van der Waals surface area contributed by atoms with Gasteiger partial charge >= 0.3 is 0 Å². The van der Waals surface area contributed by atoms with E-state index in [0.717, 1.165) is 82.3 Å². The molecule has 0 saturated carbocycles. The SMILES string of the molecule is Cc1cccc(-c2cccc(COCCOCCNC(=O)c3cc(N4CCN(C)CC4)cc4[nH]c(-c5ccc6nc(-c7ccc(O)cc7)[nH]c6c5)nc34)n2)n1. The molecule has 8 rings (SSSR count). The Bertz CT molecular complexity index is 2430. The highest BCUT2D eigenvalue weighted by Gasteiger charge is 2.21. The Balaban J connectivity index is 0.913. The summed E-state index contributed by atoms with van der Waals surface area (Å²) in [4.78, 5) is 44.2. The largest absolute Gasteiger partial charge is 0.508 e. The number of imidazole rings is 2. The molecular weight excluding hydrogens is 695 g/mol. The number of amides is 1. The average Bonchev–Trinajstić information content (AvgIpc) is 3.84. The van der Waals surface area contributed by atoms with Gasteiger partial charge in [-0.1, -0.05) is 12.1 Å². The highest BCUT2D eigenvalue weighted by Crippen LogP contribution is 2.31. The normalized spacial score (nSPS) is 13.5. The van der Waals surface area contributed by atoms with Crippen LogP contribution >= 0.6 is 0 Å². The molecule has 0 unspecified atom stereocenters. The highest BCUT2D eigenvalue weighted by atomic mass is 16.5. The number of phenols is 1. The Morgan fingerprint density at radius 1 is 0.764 bits per heavy atom. The third kappa shape index (κ3) is 8.34. The van der Waals surface area contributed by atoms with Crippen molar-refractivity contribution in [1.82, 2.24) is 40.1 Å². The Labute approximate surface area is 318 Å². The number of carbonyl (C=O) groups is 1. The summed E-state index contributed by atoms with van der Waals surface area (Å²) >= 11 is 0. The first kappa shape index (κ1) is 35.9. The van der Waals surface area contributed by atoms with E-state index in [4.69, 9.17) is 19.4 Å². The van der Waals surface area contributed by atoms with Gasteiger partial charge in [-0.05, 0) is 92.8 Å². The van der Waals surface area contributed by atoms with Gasteiger partial charge in [-0.25, -0.2) is 15.0 Å². The number of nitrogens with zero attached hydrogens (tertiary/aromatic N) is 6. The molecule has 4 N–H and O–H groups in total. The standard InChI is InChI=1S/C42H43N9O4/c1-27-5-3-7-34(44-27)35-8-4-6-30(45-35)26-55-22-21-54-20-15-43-42(53)33-24-31(51-18-16-50(2)17-19-51)25-38-39(33)49-41(48-38)29-11-14-36-37(23-29)47-40(46-36)28-9-12-32(52)13-10-28/h3-14,23-25,52H,15-22,26H2,1-2H3,(H,43,53)(H,46,47)(H,48,49). The maximum Gasteiger partial charge on any atom is 0.253 e. The van der Waals surface area contributed by atoms with Crippen molar-refractivity contribution in [3.63, 3.8) is 0 Å². The molecular formula is C42H43N9O4. The number of rotatable bonds is 13. The summed E-state index contributed by atoms with van der Waals surface area (Å²) in [5, 5.41) is 12.7. The van der Waals surface area contributed by atoms with Crippen LogP contribution < -0.4 is 10.2 Å². The molecule has 1 fully saturated rings. The van der Waals surface area contributed by atoms with Gasteiger partial charge in [0.15, 0.2) is 0 Å². The molecule has 55 heavy (non-hydrogen) atoms. The molecule has 0 atom stereocenters. The molecule has 5 heterocycles. The fourth-order valence-corrected chi connectivity index (χ4v) is 6.69. The van der Waals surface area contributed by atoms with Gasteiger partial charge in [-0.2, -0.15) is 0 Å². The van der Waals surface area contributed by atoms with Crippen LogP contribution in [-0.2, 0) is 16.1 Å². The molecule has 0 bridgehead atoms. The number of hydrogen-bond acceptors (Lipinski definition) is 10. The number of aromatic nitrogens is 6. The van der Waals surface area contributed by atoms with Crippen LogP contribution in [0.1, 0.15) is 21.7 Å². The van der Waals surface area contributed by atoms with Crippen molar-refractivity contribution in [2.75, 3.05) is 64.5 Å². The second-order valence-electron chi connectivity index (χ2n) is 13.7. The maximum atomic E-state index is 13.8. The van der Waals surface area contributed by atoms with E-state index < -0.39 is 0 Å². The van der Waals surface area contributed by atoms with Gasteiger partial charge in [0.1, 0.15) is 22.9 Å². The minimum absolute atomic E-state index is 0.203. The monoisotopic (exact) mass is 737 g/mol. The number of nitrogens with one attached hydrogen (secondary N) is 3. The van der Waals surface area contributed by atoms with E-state index in [1.807, 2.05) is 79.7 Å². The number of pyridine rings is 2. The summed E-state index contributed by atoms with van der Waals surface area (Å²) in [5.74, 6) is 1.35. The van der Waals surface area contributed by atoms with Gasteiger partial charge in [0.2, 0.25) is 0 Å². The molecule has 3 aromatic carbocycles. The molecule has 13 nitrogen and oxygen atoms in total. The Hall–Kier alpha value is -6.15. The fourth-order valence-electron chi connectivity index (χ4n) is 6.69. The van der Waals surface area contributed by atoms with E-state index in [2.05, 4.69) is 48.2 Å². The zero-order valence-corrected chi connectivity index (χ0v) is 30.9. The van der Waals surface area contributed by atoms with Crippen molar-refractivity contribution >= 4 is 33.7 Å². The van der Waals surface area contributed by atoms with Gasteiger partial charge in [0, 0.05) is 55.2 Å². The predicted molar refractivity (Wildman–Crippen MR) is 213 cm³/mol. The molecule has 13 heteroatoms. The number of likely N-dealkylation sites (N-methyl/N-ethyl adjacent to an activating group) is 1. The Morgan fingerprint density at radius 3 is 2.31 bits per heavy atom. The zero-order chi connectivity index (χ0) is 37.7.